The van der Waals surface area contributed by atoms with Gasteiger partial charge in [0.2, 0.25) is 0 Å². The molecule has 0 atom stereocenters. The molecule has 0 fully saturated rings. The highest BCUT2D eigenvalue weighted by Gasteiger charge is 2.10. The van der Waals surface area contributed by atoms with Gasteiger partial charge in [-0.2, -0.15) is 5.10 Å². The Kier molecular flexibility index (Phi) is 3.60. The molecular formula is C10H12BrN3OS. The third-order valence-electron chi connectivity index (χ3n) is 2.32. The summed E-state index contributed by atoms with van der Waals surface area (Å²) in [5.74, 6) is 0.827. The summed E-state index contributed by atoms with van der Waals surface area (Å²) in [6.45, 7) is 3.03. The molecule has 2 heterocycles. The van der Waals surface area contributed by atoms with Gasteiger partial charge >= 0.3 is 0 Å². The van der Waals surface area contributed by atoms with Gasteiger partial charge in [0.05, 0.1) is 5.56 Å². The maximum atomic E-state index is 5.20. The van der Waals surface area contributed by atoms with E-state index in [4.69, 9.17) is 16.6 Å². The standard InChI is InChI=1S/C10H12BrN3OS/c1-2-3-4-14-9(12-13-10(14)16)7-5-8(11)15-6-7/h5-6H,2-4H2,1H3,(H,13,16). The number of hydrogen-bond acceptors (Lipinski definition) is 3. The molecule has 0 saturated carbocycles. The molecule has 2 aromatic heterocycles. The summed E-state index contributed by atoms with van der Waals surface area (Å²) in [5.41, 5.74) is 0.926. The molecule has 0 aliphatic rings. The molecule has 86 valence electrons. The predicted molar refractivity (Wildman–Crippen MR) is 67.7 cm³/mol. The molecular weight excluding hydrogens is 290 g/mol. The molecule has 2 rings (SSSR count). The molecule has 16 heavy (non-hydrogen) atoms. The van der Waals surface area contributed by atoms with Gasteiger partial charge in [0.1, 0.15) is 6.26 Å². The van der Waals surface area contributed by atoms with Crippen molar-refractivity contribution < 1.29 is 4.42 Å². The number of nitrogens with zero attached hydrogens (tertiary/aromatic N) is 2. The van der Waals surface area contributed by atoms with E-state index in [1.54, 1.807) is 6.26 Å². The molecule has 6 heteroatoms. The Morgan fingerprint density at radius 1 is 1.62 bits per heavy atom. The van der Waals surface area contributed by atoms with E-state index in [0.717, 1.165) is 30.8 Å². The lowest BCUT2D eigenvalue weighted by atomic mass is 10.3. The molecule has 0 radical (unpaired) electrons. The number of H-pyrrole nitrogens is 1. The van der Waals surface area contributed by atoms with Crippen LogP contribution in [0.4, 0.5) is 0 Å². The highest BCUT2D eigenvalue weighted by Crippen LogP contribution is 2.23. The van der Waals surface area contributed by atoms with Gasteiger partial charge in [-0.3, -0.25) is 5.10 Å². The van der Waals surface area contributed by atoms with Crippen molar-refractivity contribution in [1.29, 1.82) is 0 Å². The Bertz CT molecular complexity index is 528. The van der Waals surface area contributed by atoms with Crippen molar-refractivity contribution in [2.24, 2.45) is 0 Å². The van der Waals surface area contributed by atoms with Crippen LogP contribution in [0.15, 0.2) is 21.4 Å². The molecule has 0 aliphatic carbocycles. The van der Waals surface area contributed by atoms with E-state index in [2.05, 4.69) is 33.1 Å². The van der Waals surface area contributed by atoms with E-state index in [-0.39, 0.29) is 0 Å². The minimum atomic E-state index is 0.653. The van der Waals surface area contributed by atoms with Crippen LogP contribution >= 0.6 is 28.1 Å². The van der Waals surface area contributed by atoms with Crippen molar-refractivity contribution in [2.75, 3.05) is 0 Å². The fraction of sp³-hybridized carbons (Fsp3) is 0.400. The van der Waals surface area contributed by atoms with Crippen LogP contribution < -0.4 is 0 Å². The largest absolute Gasteiger partial charge is 0.457 e. The van der Waals surface area contributed by atoms with Crippen molar-refractivity contribution in [3.8, 4) is 11.4 Å². The maximum absolute atomic E-state index is 5.20. The van der Waals surface area contributed by atoms with Crippen LogP contribution in [0.1, 0.15) is 19.8 Å². The summed E-state index contributed by atoms with van der Waals surface area (Å²) in [6.07, 6.45) is 3.87. The average molecular weight is 302 g/mol. The first-order valence-corrected chi connectivity index (χ1v) is 6.32. The lowest BCUT2D eigenvalue weighted by Gasteiger charge is -2.03. The molecule has 0 amide bonds. The minimum Gasteiger partial charge on any atom is -0.457 e. The van der Waals surface area contributed by atoms with Crippen molar-refractivity contribution in [2.45, 2.75) is 26.3 Å². The van der Waals surface area contributed by atoms with E-state index >= 15 is 0 Å². The van der Waals surface area contributed by atoms with Crippen LogP contribution in [-0.4, -0.2) is 14.8 Å². The van der Waals surface area contributed by atoms with Gasteiger partial charge in [-0.15, -0.1) is 0 Å². The number of rotatable bonds is 4. The topological polar surface area (TPSA) is 46.8 Å². The number of halogens is 1. The summed E-state index contributed by atoms with van der Waals surface area (Å²) in [7, 11) is 0. The van der Waals surface area contributed by atoms with Gasteiger partial charge < -0.3 is 8.98 Å². The summed E-state index contributed by atoms with van der Waals surface area (Å²) in [4.78, 5) is 0. The highest BCUT2D eigenvalue weighted by molar-refractivity contribution is 9.10. The van der Waals surface area contributed by atoms with E-state index in [1.165, 1.54) is 0 Å². The number of hydrogen-bond donors (Lipinski definition) is 1. The average Bonchev–Trinajstić information content (AvgIpc) is 2.82. The zero-order chi connectivity index (χ0) is 11.5. The lowest BCUT2D eigenvalue weighted by molar-refractivity contribution is 0.541. The van der Waals surface area contributed by atoms with Crippen molar-refractivity contribution >= 4 is 28.1 Å². The van der Waals surface area contributed by atoms with Gasteiger partial charge in [-0.1, -0.05) is 13.3 Å². The first kappa shape index (κ1) is 11.6. The minimum absolute atomic E-state index is 0.653. The smallest absolute Gasteiger partial charge is 0.195 e. The summed E-state index contributed by atoms with van der Waals surface area (Å²) < 4.78 is 8.55. The SMILES string of the molecule is CCCCn1c(-c2coc(Br)c2)n[nH]c1=S. The van der Waals surface area contributed by atoms with E-state index in [9.17, 15) is 0 Å². The molecule has 0 aromatic carbocycles. The maximum Gasteiger partial charge on any atom is 0.195 e. The fourth-order valence-electron chi connectivity index (χ4n) is 1.49. The summed E-state index contributed by atoms with van der Waals surface area (Å²) in [6, 6.07) is 1.88. The third kappa shape index (κ3) is 2.27. The van der Waals surface area contributed by atoms with E-state index < -0.39 is 0 Å². The van der Waals surface area contributed by atoms with E-state index in [0.29, 0.717) is 9.44 Å². The Morgan fingerprint density at radius 3 is 3.06 bits per heavy atom. The number of nitrogens with one attached hydrogen (secondary N) is 1. The zero-order valence-corrected chi connectivity index (χ0v) is 11.3. The number of unbranched alkanes of at least 4 members (excludes halogenated alkanes) is 1. The van der Waals surface area contributed by atoms with Gasteiger partial charge in [-0.25, -0.2) is 0 Å². The Hall–Kier alpha value is -0.880. The predicted octanol–water partition coefficient (Wildman–Crippen LogP) is 3.76. The summed E-state index contributed by atoms with van der Waals surface area (Å²) in [5, 5.41) is 7.03. The molecule has 0 unspecified atom stereocenters. The second-order valence-corrected chi connectivity index (χ2v) is 4.67. The van der Waals surface area contributed by atoms with Crippen molar-refractivity contribution in [1.82, 2.24) is 14.8 Å². The van der Waals surface area contributed by atoms with Crippen LogP contribution in [-0.2, 0) is 6.54 Å². The quantitative estimate of drug-likeness (QED) is 0.875. The molecule has 4 nitrogen and oxygen atoms in total. The third-order valence-corrected chi connectivity index (χ3v) is 3.05. The Balaban J connectivity index is 2.37. The lowest BCUT2D eigenvalue weighted by Crippen LogP contribution is -2.00. The van der Waals surface area contributed by atoms with Crippen molar-refractivity contribution in [3.05, 3.63) is 21.8 Å². The van der Waals surface area contributed by atoms with Crippen LogP contribution in [0.25, 0.3) is 11.4 Å². The second kappa shape index (κ2) is 4.97. The summed E-state index contributed by atoms with van der Waals surface area (Å²) >= 11 is 8.47. The number of aromatic amines is 1. The normalized spacial score (nSPS) is 10.9. The van der Waals surface area contributed by atoms with Crippen LogP contribution in [0.3, 0.4) is 0 Å². The van der Waals surface area contributed by atoms with Gasteiger partial charge in [-0.05, 0) is 34.6 Å². The van der Waals surface area contributed by atoms with E-state index in [1.807, 2.05) is 10.6 Å². The fourth-order valence-corrected chi connectivity index (χ4v) is 2.05. The molecule has 0 saturated heterocycles. The molecule has 2 aromatic rings. The molecule has 1 N–H and O–H groups in total. The van der Waals surface area contributed by atoms with Crippen molar-refractivity contribution in [3.63, 3.8) is 0 Å². The van der Waals surface area contributed by atoms with Gasteiger partial charge in [0.25, 0.3) is 0 Å². The molecule has 0 bridgehead atoms. The van der Waals surface area contributed by atoms with Crippen LogP contribution in [0, 0.1) is 4.77 Å². The Labute approximate surface area is 107 Å². The molecule has 0 spiro atoms. The highest BCUT2D eigenvalue weighted by atomic mass is 79.9. The van der Waals surface area contributed by atoms with Gasteiger partial charge in [0.15, 0.2) is 15.3 Å². The number of aromatic nitrogens is 3. The monoisotopic (exact) mass is 301 g/mol. The second-order valence-electron chi connectivity index (χ2n) is 3.50. The number of furan rings is 1. The van der Waals surface area contributed by atoms with Crippen LogP contribution in [0.2, 0.25) is 0 Å². The molecule has 0 aliphatic heterocycles. The van der Waals surface area contributed by atoms with Crippen LogP contribution in [0.5, 0.6) is 0 Å². The van der Waals surface area contributed by atoms with Gasteiger partial charge in [0, 0.05) is 12.6 Å². The Morgan fingerprint density at radius 2 is 2.44 bits per heavy atom. The zero-order valence-electron chi connectivity index (χ0n) is 8.86. The first-order valence-electron chi connectivity index (χ1n) is 5.12. The first-order chi connectivity index (χ1) is 7.72.